The van der Waals surface area contributed by atoms with E-state index in [4.69, 9.17) is 0 Å². The molecule has 2 amide bonds. The molecule has 94 valence electrons. The number of likely N-dealkylation sites (tertiary alicyclic amines) is 1. The molecule has 1 aliphatic heterocycles. The first-order valence-electron chi connectivity index (χ1n) is 5.98. The first kappa shape index (κ1) is 12.4. The van der Waals surface area contributed by atoms with Crippen LogP contribution in [0.15, 0.2) is 43.1 Å². The zero-order chi connectivity index (χ0) is 13.0. The molecule has 0 aliphatic carbocycles. The lowest BCUT2D eigenvalue weighted by molar-refractivity contribution is -0.123. The highest BCUT2D eigenvalue weighted by Gasteiger charge is 2.30. The number of amides is 2. The van der Waals surface area contributed by atoms with Crippen LogP contribution in [0.1, 0.15) is 16.8 Å². The van der Waals surface area contributed by atoms with Crippen molar-refractivity contribution in [2.75, 3.05) is 13.1 Å². The molecule has 1 aromatic carbocycles. The summed E-state index contributed by atoms with van der Waals surface area (Å²) in [7, 11) is 0. The van der Waals surface area contributed by atoms with Crippen molar-refractivity contribution in [1.82, 2.24) is 10.2 Å². The Morgan fingerprint density at radius 2 is 2.06 bits per heavy atom. The van der Waals surface area contributed by atoms with Crippen LogP contribution in [0, 0.1) is 5.92 Å². The molecule has 1 unspecified atom stereocenters. The summed E-state index contributed by atoms with van der Waals surface area (Å²) in [6.45, 7) is 4.57. The number of benzene rings is 1. The first-order chi connectivity index (χ1) is 8.72. The van der Waals surface area contributed by atoms with Gasteiger partial charge in [-0.1, -0.05) is 24.8 Å². The molecular weight excluding hydrogens is 228 g/mol. The highest BCUT2D eigenvalue weighted by Crippen LogP contribution is 2.18. The molecule has 18 heavy (non-hydrogen) atoms. The van der Waals surface area contributed by atoms with Crippen molar-refractivity contribution in [3.8, 4) is 0 Å². The number of nitrogens with one attached hydrogen (secondary N) is 1. The number of rotatable bonds is 3. The number of nitrogens with zero attached hydrogens (tertiary/aromatic N) is 1. The fourth-order valence-electron chi connectivity index (χ4n) is 2.14. The molecule has 1 aromatic rings. The molecule has 0 saturated carbocycles. The minimum absolute atomic E-state index is 0.00972. The molecule has 0 radical (unpaired) electrons. The van der Waals surface area contributed by atoms with Crippen LogP contribution in [-0.2, 0) is 4.79 Å². The van der Waals surface area contributed by atoms with Gasteiger partial charge in [0, 0.05) is 18.7 Å². The van der Waals surface area contributed by atoms with Crippen molar-refractivity contribution in [1.29, 1.82) is 0 Å². The monoisotopic (exact) mass is 244 g/mol. The highest BCUT2D eigenvalue weighted by atomic mass is 16.2. The van der Waals surface area contributed by atoms with E-state index in [2.05, 4.69) is 11.9 Å². The number of carbonyl (C=O) groups excluding carboxylic acids is 2. The van der Waals surface area contributed by atoms with Gasteiger partial charge < -0.3 is 10.2 Å². The Labute approximate surface area is 106 Å². The van der Waals surface area contributed by atoms with Crippen LogP contribution in [0.2, 0.25) is 0 Å². The van der Waals surface area contributed by atoms with Gasteiger partial charge in [0.1, 0.15) is 0 Å². The van der Waals surface area contributed by atoms with Crippen molar-refractivity contribution < 1.29 is 9.59 Å². The summed E-state index contributed by atoms with van der Waals surface area (Å²) in [4.78, 5) is 25.5. The van der Waals surface area contributed by atoms with Gasteiger partial charge in [0.05, 0.1) is 5.92 Å². The lowest BCUT2D eigenvalue weighted by atomic mass is 10.1. The molecule has 1 atom stereocenters. The highest BCUT2D eigenvalue weighted by molar-refractivity contribution is 5.95. The summed E-state index contributed by atoms with van der Waals surface area (Å²) in [5.74, 6) is -0.200. The Bertz CT molecular complexity index is 456. The fourth-order valence-corrected chi connectivity index (χ4v) is 2.14. The van der Waals surface area contributed by atoms with Crippen molar-refractivity contribution in [2.45, 2.75) is 6.42 Å². The van der Waals surface area contributed by atoms with Crippen LogP contribution in [0.4, 0.5) is 0 Å². The van der Waals surface area contributed by atoms with E-state index in [9.17, 15) is 9.59 Å². The van der Waals surface area contributed by atoms with E-state index in [1.165, 1.54) is 6.20 Å². The van der Waals surface area contributed by atoms with Crippen molar-refractivity contribution in [3.63, 3.8) is 0 Å². The second-order valence-corrected chi connectivity index (χ2v) is 4.32. The number of hydrogen-bond donors (Lipinski definition) is 1. The van der Waals surface area contributed by atoms with Crippen LogP contribution in [-0.4, -0.2) is 29.8 Å². The average Bonchev–Trinajstić information content (AvgIpc) is 2.89. The molecule has 1 saturated heterocycles. The lowest BCUT2D eigenvalue weighted by Crippen LogP contribution is -2.32. The second-order valence-electron chi connectivity index (χ2n) is 4.32. The molecule has 1 N–H and O–H groups in total. The Balaban J connectivity index is 1.99. The van der Waals surface area contributed by atoms with Gasteiger partial charge in [0.2, 0.25) is 5.91 Å². The first-order valence-corrected chi connectivity index (χ1v) is 5.98. The summed E-state index contributed by atoms with van der Waals surface area (Å²) in [5.41, 5.74) is 0.669. The summed E-state index contributed by atoms with van der Waals surface area (Å²) in [6.07, 6.45) is 2.09. The quantitative estimate of drug-likeness (QED) is 0.874. The van der Waals surface area contributed by atoms with E-state index in [-0.39, 0.29) is 17.7 Å². The Kier molecular flexibility index (Phi) is 3.77. The maximum atomic E-state index is 12.1. The molecule has 1 heterocycles. The second kappa shape index (κ2) is 5.49. The van der Waals surface area contributed by atoms with Gasteiger partial charge in [-0.3, -0.25) is 9.59 Å². The van der Waals surface area contributed by atoms with Crippen LogP contribution >= 0.6 is 0 Å². The normalized spacial score (nSPS) is 18.4. The zero-order valence-corrected chi connectivity index (χ0v) is 10.1. The van der Waals surface area contributed by atoms with Crippen LogP contribution in [0.5, 0.6) is 0 Å². The van der Waals surface area contributed by atoms with Gasteiger partial charge in [-0.15, -0.1) is 0 Å². The maximum Gasteiger partial charge on any atom is 0.253 e. The van der Waals surface area contributed by atoms with Crippen molar-refractivity contribution in [3.05, 3.63) is 48.7 Å². The molecule has 0 aromatic heterocycles. The van der Waals surface area contributed by atoms with Crippen molar-refractivity contribution in [2.24, 2.45) is 5.92 Å². The van der Waals surface area contributed by atoms with Gasteiger partial charge in [0.25, 0.3) is 5.91 Å². The molecule has 0 spiro atoms. The average molecular weight is 244 g/mol. The van der Waals surface area contributed by atoms with E-state index >= 15 is 0 Å². The topological polar surface area (TPSA) is 49.4 Å². The predicted octanol–water partition coefficient (Wildman–Crippen LogP) is 1.41. The third-order valence-corrected chi connectivity index (χ3v) is 3.11. The van der Waals surface area contributed by atoms with E-state index in [0.29, 0.717) is 25.1 Å². The number of carbonyl (C=O) groups is 2. The van der Waals surface area contributed by atoms with Gasteiger partial charge >= 0.3 is 0 Å². The molecule has 4 nitrogen and oxygen atoms in total. The molecule has 2 rings (SSSR count). The van der Waals surface area contributed by atoms with Gasteiger partial charge in [-0.25, -0.2) is 0 Å². The minimum Gasteiger partial charge on any atom is -0.338 e. The number of hydrogen-bond acceptors (Lipinski definition) is 2. The molecule has 1 aliphatic rings. The van der Waals surface area contributed by atoms with Gasteiger partial charge in [-0.2, -0.15) is 0 Å². The van der Waals surface area contributed by atoms with E-state index in [1.807, 2.05) is 18.2 Å². The van der Waals surface area contributed by atoms with E-state index < -0.39 is 0 Å². The Morgan fingerprint density at radius 1 is 1.33 bits per heavy atom. The maximum absolute atomic E-state index is 12.1. The van der Waals surface area contributed by atoms with E-state index in [1.54, 1.807) is 17.0 Å². The SMILES string of the molecule is C=CNC(=O)C1CCN(C(=O)c2ccccc2)C1. The van der Waals surface area contributed by atoms with E-state index in [0.717, 1.165) is 0 Å². The smallest absolute Gasteiger partial charge is 0.253 e. The van der Waals surface area contributed by atoms with Gasteiger partial charge in [-0.05, 0) is 24.8 Å². The standard InChI is InChI=1S/C14H16N2O2/c1-2-15-13(17)12-8-9-16(10-12)14(18)11-6-4-3-5-7-11/h2-7,12H,1,8-10H2,(H,15,17). The predicted molar refractivity (Wildman–Crippen MR) is 68.8 cm³/mol. The molecule has 1 fully saturated rings. The summed E-state index contributed by atoms with van der Waals surface area (Å²) >= 11 is 0. The summed E-state index contributed by atoms with van der Waals surface area (Å²) < 4.78 is 0. The fraction of sp³-hybridized carbons (Fsp3) is 0.286. The van der Waals surface area contributed by atoms with Crippen LogP contribution in [0.3, 0.4) is 0 Å². The zero-order valence-electron chi connectivity index (χ0n) is 10.1. The Morgan fingerprint density at radius 3 is 2.72 bits per heavy atom. The molecular formula is C14H16N2O2. The lowest BCUT2D eigenvalue weighted by Gasteiger charge is -2.16. The molecule has 4 heteroatoms. The van der Waals surface area contributed by atoms with Crippen molar-refractivity contribution >= 4 is 11.8 Å². The van der Waals surface area contributed by atoms with Gasteiger partial charge in [0.15, 0.2) is 0 Å². The molecule has 0 bridgehead atoms. The largest absolute Gasteiger partial charge is 0.338 e. The summed E-state index contributed by atoms with van der Waals surface area (Å²) in [6, 6.07) is 9.14. The van der Waals surface area contributed by atoms with Crippen LogP contribution in [0.25, 0.3) is 0 Å². The summed E-state index contributed by atoms with van der Waals surface area (Å²) in [5, 5.41) is 2.57. The van der Waals surface area contributed by atoms with Crippen LogP contribution < -0.4 is 5.32 Å². The third-order valence-electron chi connectivity index (χ3n) is 3.11. The minimum atomic E-state index is -0.129. The third kappa shape index (κ3) is 2.59. The Hall–Kier alpha value is -2.10.